The van der Waals surface area contributed by atoms with Crippen LogP contribution in [0.3, 0.4) is 0 Å². The fourth-order valence-corrected chi connectivity index (χ4v) is 4.64. The quantitative estimate of drug-likeness (QED) is 0.549. The van der Waals surface area contributed by atoms with Crippen LogP contribution in [0.5, 0.6) is 0 Å². The number of fused-ring (bicyclic) bond motifs is 1. The summed E-state index contributed by atoms with van der Waals surface area (Å²) in [5.74, 6) is -1.48. The lowest BCUT2D eigenvalue weighted by Crippen LogP contribution is -2.42. The topological polar surface area (TPSA) is 86.3 Å². The van der Waals surface area contributed by atoms with Gasteiger partial charge in [0.05, 0.1) is 35.9 Å². The Morgan fingerprint density at radius 3 is 2.62 bits per heavy atom. The maximum atomic E-state index is 13.6. The Morgan fingerprint density at radius 2 is 1.94 bits per heavy atom. The van der Waals surface area contributed by atoms with E-state index in [2.05, 4.69) is 10.1 Å². The van der Waals surface area contributed by atoms with Gasteiger partial charge in [0, 0.05) is 44.0 Å². The summed E-state index contributed by atoms with van der Waals surface area (Å²) in [6, 6.07) is 4.89. The molecule has 1 fully saturated rings. The number of hydrogen-bond acceptors (Lipinski definition) is 5. The normalized spacial score (nSPS) is 16.6. The van der Waals surface area contributed by atoms with Crippen molar-refractivity contribution in [3.05, 3.63) is 70.5 Å². The summed E-state index contributed by atoms with van der Waals surface area (Å²) in [7, 11) is 1.86. The molecule has 2 aromatic heterocycles. The summed E-state index contributed by atoms with van der Waals surface area (Å²) in [5.41, 5.74) is 10.3. The van der Waals surface area contributed by atoms with Gasteiger partial charge >= 0.3 is 0 Å². The molecule has 0 bridgehead atoms. The predicted octanol–water partition coefficient (Wildman–Crippen LogP) is 3.36. The molecule has 0 unspecified atom stereocenters. The van der Waals surface area contributed by atoms with E-state index in [0.717, 1.165) is 41.4 Å². The van der Waals surface area contributed by atoms with Crippen molar-refractivity contribution in [2.75, 3.05) is 6.54 Å². The highest BCUT2D eigenvalue weighted by molar-refractivity contribution is 5.98. The van der Waals surface area contributed by atoms with E-state index in [9.17, 15) is 13.6 Å². The smallest absolute Gasteiger partial charge is 0.256 e. The van der Waals surface area contributed by atoms with Crippen molar-refractivity contribution in [3.63, 3.8) is 0 Å². The number of pyridine rings is 1. The van der Waals surface area contributed by atoms with Crippen LogP contribution in [0.2, 0.25) is 0 Å². The molecule has 2 N–H and O–H groups in total. The van der Waals surface area contributed by atoms with Gasteiger partial charge < -0.3 is 15.4 Å². The number of rotatable bonds is 8. The third kappa shape index (κ3) is 4.33. The molecule has 3 aromatic rings. The largest absolute Gasteiger partial charge is 0.373 e. The zero-order chi connectivity index (χ0) is 23.8. The summed E-state index contributed by atoms with van der Waals surface area (Å²) in [6.45, 7) is 0.995. The molecule has 1 atom stereocenters. The van der Waals surface area contributed by atoms with E-state index in [1.165, 1.54) is 18.6 Å². The van der Waals surface area contributed by atoms with Crippen LogP contribution in [-0.2, 0) is 31.4 Å². The van der Waals surface area contributed by atoms with E-state index in [0.29, 0.717) is 30.4 Å². The molecule has 0 radical (unpaired) electrons. The van der Waals surface area contributed by atoms with Gasteiger partial charge in [-0.15, -0.1) is 0 Å². The number of amides is 1. The van der Waals surface area contributed by atoms with Crippen LogP contribution in [-0.4, -0.2) is 44.3 Å². The molecular formula is C25H27F2N5O2. The Hall–Kier alpha value is -3.17. The number of ether oxygens (including phenoxy) is 1. The Kier molecular flexibility index (Phi) is 6.14. The van der Waals surface area contributed by atoms with Gasteiger partial charge in [-0.2, -0.15) is 5.10 Å². The Labute approximate surface area is 196 Å². The van der Waals surface area contributed by atoms with Crippen LogP contribution < -0.4 is 5.73 Å². The van der Waals surface area contributed by atoms with E-state index in [-0.39, 0.29) is 18.9 Å². The lowest BCUT2D eigenvalue weighted by Gasteiger charge is -2.26. The average Bonchev–Trinajstić information content (AvgIpc) is 3.29. The molecule has 1 saturated carbocycles. The van der Waals surface area contributed by atoms with Gasteiger partial charge in [-0.3, -0.25) is 14.5 Å². The fraction of sp³-hybridized carbons (Fsp3) is 0.400. The number of nitrogens with zero attached hydrogens (tertiary/aromatic N) is 4. The number of hydrogen-bond donors (Lipinski definition) is 1. The molecule has 1 aromatic carbocycles. The monoisotopic (exact) mass is 467 g/mol. The summed E-state index contributed by atoms with van der Waals surface area (Å²) in [5, 5.41) is 4.38. The number of carbonyl (C=O) groups is 1. The fourth-order valence-electron chi connectivity index (χ4n) is 4.64. The van der Waals surface area contributed by atoms with E-state index in [1.54, 1.807) is 22.0 Å². The molecular weight excluding hydrogens is 440 g/mol. The second-order valence-corrected chi connectivity index (χ2v) is 9.04. The Balaban J connectivity index is 1.37. The third-order valence-electron chi connectivity index (χ3n) is 6.71. The minimum atomic E-state index is -0.649. The van der Waals surface area contributed by atoms with Crippen LogP contribution in [0.4, 0.5) is 8.78 Å². The first-order chi connectivity index (χ1) is 16.4. The van der Waals surface area contributed by atoms with Crippen molar-refractivity contribution in [2.24, 2.45) is 12.8 Å². The summed E-state index contributed by atoms with van der Waals surface area (Å²) >= 11 is 0. The zero-order valence-electron chi connectivity index (χ0n) is 19.0. The summed E-state index contributed by atoms with van der Waals surface area (Å²) in [4.78, 5) is 19.3. The molecule has 0 saturated heterocycles. The van der Waals surface area contributed by atoms with Gasteiger partial charge in [0.2, 0.25) is 0 Å². The molecule has 2 aliphatic rings. The van der Waals surface area contributed by atoms with Crippen LogP contribution >= 0.6 is 0 Å². The van der Waals surface area contributed by atoms with Crippen molar-refractivity contribution in [1.82, 2.24) is 19.7 Å². The lowest BCUT2D eigenvalue weighted by molar-refractivity contribution is -0.00849. The predicted molar refractivity (Wildman–Crippen MR) is 122 cm³/mol. The molecule has 1 amide bonds. The van der Waals surface area contributed by atoms with Gasteiger partial charge in [0.15, 0.2) is 0 Å². The number of halogens is 2. The molecule has 3 heterocycles. The molecule has 34 heavy (non-hydrogen) atoms. The van der Waals surface area contributed by atoms with Crippen molar-refractivity contribution in [3.8, 4) is 11.4 Å². The van der Waals surface area contributed by atoms with Gasteiger partial charge in [0.1, 0.15) is 11.6 Å². The first kappa shape index (κ1) is 22.6. The van der Waals surface area contributed by atoms with Gasteiger partial charge in [-0.1, -0.05) is 0 Å². The molecule has 5 rings (SSSR count). The summed E-state index contributed by atoms with van der Waals surface area (Å²) < 4.78 is 35.0. The maximum Gasteiger partial charge on any atom is 0.256 e. The zero-order valence-corrected chi connectivity index (χ0v) is 19.0. The highest BCUT2D eigenvalue weighted by Crippen LogP contribution is 2.31. The highest BCUT2D eigenvalue weighted by atomic mass is 19.1. The first-order valence-electron chi connectivity index (χ1n) is 11.5. The minimum Gasteiger partial charge on any atom is -0.373 e. The van der Waals surface area contributed by atoms with Crippen LogP contribution in [0.25, 0.3) is 11.4 Å². The number of carbonyl (C=O) groups excluding carboxylic acids is 1. The lowest BCUT2D eigenvalue weighted by atomic mass is 9.96. The number of aryl methyl sites for hydroxylation is 1. The van der Waals surface area contributed by atoms with Crippen LogP contribution in [0.1, 0.15) is 46.3 Å². The molecule has 0 spiro atoms. The van der Waals surface area contributed by atoms with Gasteiger partial charge in [0.25, 0.3) is 5.91 Å². The van der Waals surface area contributed by atoms with Crippen molar-refractivity contribution in [1.29, 1.82) is 0 Å². The van der Waals surface area contributed by atoms with Crippen LogP contribution in [0.15, 0.2) is 36.7 Å². The Morgan fingerprint density at radius 1 is 1.18 bits per heavy atom. The summed E-state index contributed by atoms with van der Waals surface area (Å²) in [6.07, 6.45) is 7.35. The second kappa shape index (κ2) is 9.23. The van der Waals surface area contributed by atoms with Gasteiger partial charge in [-0.25, -0.2) is 8.78 Å². The van der Waals surface area contributed by atoms with E-state index in [4.69, 9.17) is 10.5 Å². The SMILES string of the molecule is Cn1ncc(COC2CCC2)c1-c1cc2c(cn1)C(=O)N([C@H](CN)Cc1cc(F)cc(F)c1)C2. The van der Waals surface area contributed by atoms with E-state index >= 15 is 0 Å². The number of aromatic nitrogens is 3. The van der Waals surface area contributed by atoms with Gasteiger partial charge in [-0.05, 0) is 55.0 Å². The molecule has 178 valence electrons. The van der Waals surface area contributed by atoms with Crippen molar-refractivity contribution >= 4 is 5.91 Å². The van der Waals surface area contributed by atoms with E-state index in [1.807, 2.05) is 13.1 Å². The molecule has 1 aliphatic heterocycles. The molecule has 7 nitrogen and oxygen atoms in total. The van der Waals surface area contributed by atoms with Crippen molar-refractivity contribution < 1.29 is 18.3 Å². The minimum absolute atomic E-state index is 0.169. The second-order valence-electron chi connectivity index (χ2n) is 9.04. The highest BCUT2D eigenvalue weighted by Gasteiger charge is 2.33. The van der Waals surface area contributed by atoms with Crippen LogP contribution in [0, 0.1) is 11.6 Å². The third-order valence-corrected chi connectivity index (χ3v) is 6.71. The number of nitrogens with two attached hydrogens (primary N) is 1. The maximum absolute atomic E-state index is 13.6. The molecule has 1 aliphatic carbocycles. The van der Waals surface area contributed by atoms with Crippen molar-refractivity contribution in [2.45, 2.75) is 51.0 Å². The molecule has 9 heteroatoms. The number of benzene rings is 1. The standard InChI is InChI=1S/C25H27F2N5O2/c1-31-24(17(11-30-31)14-34-21-3-2-4-21)23-8-16-13-32(25(33)22(16)12-29-23)20(10-28)7-15-5-18(26)9-19(27)6-15/h5-6,8-9,11-12,20-21H,2-4,7,10,13-14,28H2,1H3/t20-/m0/s1. The Bertz CT molecular complexity index is 1200. The van der Waals surface area contributed by atoms with E-state index < -0.39 is 17.7 Å². The first-order valence-corrected chi connectivity index (χ1v) is 11.5. The average molecular weight is 468 g/mol.